The number of carbonyl (C=O) groups is 3. The zero-order chi connectivity index (χ0) is 38.8. The Kier molecular flexibility index (Phi) is 10.5. The molecule has 4 N–H and O–H groups in total. The molecule has 3 aromatic carbocycles. The minimum Gasteiger partial charge on any atom is -0.481 e. The van der Waals surface area contributed by atoms with Gasteiger partial charge >= 0.3 is 18.3 Å². The van der Waals surface area contributed by atoms with Gasteiger partial charge in [0.05, 0.1) is 17.0 Å². The van der Waals surface area contributed by atoms with Crippen molar-refractivity contribution in [1.82, 2.24) is 25.2 Å². The van der Waals surface area contributed by atoms with Gasteiger partial charge in [0.25, 0.3) is 0 Å². The molecule has 0 spiro atoms. The third-order valence-electron chi connectivity index (χ3n) is 9.33. The highest BCUT2D eigenvalue weighted by Gasteiger charge is 2.44. The van der Waals surface area contributed by atoms with E-state index < -0.39 is 71.2 Å². The number of alkyl halides is 6. The van der Waals surface area contributed by atoms with Gasteiger partial charge in [0.1, 0.15) is 6.04 Å². The van der Waals surface area contributed by atoms with Gasteiger partial charge in [-0.25, -0.2) is 0 Å². The molecule has 280 valence electrons. The summed E-state index contributed by atoms with van der Waals surface area (Å²) in [5, 5.41) is 14.9. The molecule has 0 radical (unpaired) electrons. The number of aromatic amines is 2. The lowest BCUT2D eigenvalue weighted by atomic mass is 9.76. The molecule has 3 atom stereocenters. The number of rotatable bonds is 12. The van der Waals surface area contributed by atoms with E-state index in [0.29, 0.717) is 28.6 Å². The number of nitrogens with zero attached hydrogens (tertiary/aromatic N) is 2. The van der Waals surface area contributed by atoms with Crippen molar-refractivity contribution < 1.29 is 45.8 Å². The second kappa shape index (κ2) is 15.1. The summed E-state index contributed by atoms with van der Waals surface area (Å²) in [6, 6.07) is 16.6. The number of carboxylic acids is 1. The van der Waals surface area contributed by atoms with Crippen LogP contribution in [0.1, 0.15) is 51.6 Å². The molecule has 54 heavy (non-hydrogen) atoms. The fourth-order valence-electron chi connectivity index (χ4n) is 6.82. The van der Waals surface area contributed by atoms with Crippen LogP contribution < -0.4 is 5.32 Å². The van der Waals surface area contributed by atoms with E-state index >= 15 is 0 Å². The summed E-state index contributed by atoms with van der Waals surface area (Å²) in [6.07, 6.45) is -4.18. The number of para-hydroxylation sites is 2. The van der Waals surface area contributed by atoms with Gasteiger partial charge in [-0.1, -0.05) is 42.5 Å². The van der Waals surface area contributed by atoms with Crippen LogP contribution in [0.2, 0.25) is 0 Å². The molecule has 2 amide bonds. The molecule has 0 saturated carbocycles. The molecule has 0 aliphatic rings. The number of halogens is 6. The van der Waals surface area contributed by atoms with Crippen molar-refractivity contribution in [2.45, 2.75) is 49.6 Å². The number of amides is 2. The Morgan fingerprint density at radius 1 is 0.833 bits per heavy atom. The number of aromatic nitrogens is 3. The summed E-state index contributed by atoms with van der Waals surface area (Å²) in [4.78, 5) is 52.8. The largest absolute Gasteiger partial charge is 0.481 e. The van der Waals surface area contributed by atoms with E-state index in [2.05, 4.69) is 20.3 Å². The molecular weight excluding hydrogens is 716 g/mol. The minimum absolute atomic E-state index is 0.0134. The predicted octanol–water partition coefficient (Wildman–Crippen LogP) is 7.81. The monoisotopic (exact) mass is 749 g/mol. The van der Waals surface area contributed by atoms with Gasteiger partial charge in [0.2, 0.25) is 11.8 Å². The van der Waals surface area contributed by atoms with Crippen LogP contribution in [0.3, 0.4) is 0 Å². The molecule has 9 nitrogen and oxygen atoms in total. The Labute approximate surface area is 304 Å². The first-order valence-electron chi connectivity index (χ1n) is 16.7. The van der Waals surface area contributed by atoms with E-state index in [0.717, 1.165) is 28.4 Å². The van der Waals surface area contributed by atoms with Crippen LogP contribution in [-0.4, -0.2) is 55.8 Å². The number of carboxylic acid groups (broad SMARTS) is 1. The summed E-state index contributed by atoms with van der Waals surface area (Å²) >= 11 is 0. The summed E-state index contributed by atoms with van der Waals surface area (Å²) in [5.41, 5.74) is -0.872. The average Bonchev–Trinajstić information content (AvgIpc) is 3.75. The molecule has 0 bridgehead atoms. The lowest BCUT2D eigenvalue weighted by Gasteiger charge is -2.34. The van der Waals surface area contributed by atoms with Crippen molar-refractivity contribution in [1.29, 1.82) is 0 Å². The van der Waals surface area contributed by atoms with Crippen LogP contribution >= 0.6 is 0 Å². The van der Waals surface area contributed by atoms with Crippen molar-refractivity contribution in [3.8, 4) is 0 Å². The molecule has 6 aromatic rings. The number of pyridine rings is 1. The summed E-state index contributed by atoms with van der Waals surface area (Å²) < 4.78 is 82.3. The average molecular weight is 750 g/mol. The second-order valence-electron chi connectivity index (χ2n) is 12.9. The highest BCUT2D eigenvalue weighted by molar-refractivity contribution is 5.93. The van der Waals surface area contributed by atoms with Crippen LogP contribution in [0.25, 0.3) is 21.8 Å². The van der Waals surface area contributed by atoms with Crippen molar-refractivity contribution >= 4 is 39.6 Å². The standard InChI is InChI=1S/C39H33F6N5O4/c1-50(21-22-15-25(38(40,41)42)17-26(16-22)39(43,44)45)36(52)35(49-32(51)13-12-23-19-47-30-10-4-2-8-27(23)30)34(29-20-48-31-11-5-3-9-28(29)31)33(37(53)54)24-7-6-14-46-18-24/h2-11,14-20,33-35,47-48H,12-13,21H2,1H3,(H,49,51)(H,53,54). The number of hydrogen-bond acceptors (Lipinski definition) is 4. The number of fused-ring (bicyclic) bond motifs is 2. The Morgan fingerprint density at radius 2 is 1.44 bits per heavy atom. The maximum atomic E-state index is 14.6. The number of aliphatic carboxylic acids is 1. The van der Waals surface area contributed by atoms with Crippen LogP contribution in [0.5, 0.6) is 0 Å². The maximum Gasteiger partial charge on any atom is 0.416 e. The highest BCUT2D eigenvalue weighted by Crippen LogP contribution is 2.41. The Balaban J connectivity index is 1.43. The lowest BCUT2D eigenvalue weighted by molar-refractivity contribution is -0.143. The second-order valence-corrected chi connectivity index (χ2v) is 12.9. The van der Waals surface area contributed by atoms with E-state index in [4.69, 9.17) is 0 Å². The first-order valence-corrected chi connectivity index (χ1v) is 16.7. The normalized spacial score (nSPS) is 13.8. The first-order chi connectivity index (χ1) is 25.6. The quantitative estimate of drug-likeness (QED) is 0.0949. The molecule has 3 aromatic heterocycles. The van der Waals surface area contributed by atoms with E-state index in [1.165, 1.54) is 30.7 Å². The first kappa shape index (κ1) is 37.6. The van der Waals surface area contributed by atoms with E-state index in [9.17, 15) is 45.8 Å². The maximum absolute atomic E-state index is 14.6. The minimum atomic E-state index is -5.13. The molecule has 0 fully saturated rings. The third-order valence-corrected chi connectivity index (χ3v) is 9.33. The molecule has 0 aliphatic carbocycles. The lowest BCUT2D eigenvalue weighted by Crippen LogP contribution is -2.52. The van der Waals surface area contributed by atoms with Gasteiger partial charge in [-0.2, -0.15) is 26.3 Å². The Hall–Kier alpha value is -6.12. The molecular formula is C39H33F6N5O4. The number of nitrogens with one attached hydrogen (secondary N) is 3. The highest BCUT2D eigenvalue weighted by atomic mass is 19.4. The molecule has 6 rings (SSSR count). The number of carbonyl (C=O) groups excluding carboxylic acids is 2. The SMILES string of the molecule is CN(Cc1cc(C(F)(F)F)cc(C(F)(F)F)c1)C(=O)C(NC(=O)CCc1c[nH]c2ccccc12)C(c1c[nH]c2ccccc12)C(C(=O)O)c1cccnc1. The third kappa shape index (κ3) is 8.09. The molecule has 3 unspecified atom stereocenters. The van der Waals surface area contributed by atoms with Gasteiger partial charge in [0, 0.05) is 72.5 Å². The van der Waals surface area contributed by atoms with Gasteiger partial charge < -0.3 is 25.3 Å². The number of hydrogen-bond donors (Lipinski definition) is 4. The fraction of sp³-hybridized carbons (Fsp3) is 0.231. The number of H-pyrrole nitrogens is 2. The molecule has 0 saturated heterocycles. The van der Waals surface area contributed by atoms with E-state index in [1.807, 2.05) is 24.3 Å². The summed E-state index contributed by atoms with van der Waals surface area (Å²) in [6.45, 7) is -0.737. The molecule has 0 aliphatic heterocycles. The number of benzene rings is 3. The van der Waals surface area contributed by atoms with Crippen molar-refractivity contribution in [3.05, 3.63) is 137 Å². The smallest absolute Gasteiger partial charge is 0.416 e. The van der Waals surface area contributed by atoms with E-state index in [1.54, 1.807) is 30.5 Å². The van der Waals surface area contributed by atoms with Gasteiger partial charge in [-0.15, -0.1) is 0 Å². The van der Waals surface area contributed by atoms with Crippen LogP contribution in [0.15, 0.2) is 104 Å². The Morgan fingerprint density at radius 3 is 2.06 bits per heavy atom. The topological polar surface area (TPSA) is 131 Å². The zero-order valence-corrected chi connectivity index (χ0v) is 28.5. The summed E-state index contributed by atoms with van der Waals surface area (Å²) in [7, 11) is 1.16. The Bertz CT molecular complexity index is 2270. The van der Waals surface area contributed by atoms with E-state index in [-0.39, 0.29) is 24.5 Å². The zero-order valence-electron chi connectivity index (χ0n) is 28.5. The number of aryl methyl sites for hydroxylation is 1. The summed E-state index contributed by atoms with van der Waals surface area (Å²) in [5.74, 6) is -5.85. The van der Waals surface area contributed by atoms with Crippen LogP contribution in [-0.2, 0) is 39.7 Å². The molecule has 3 heterocycles. The molecule has 15 heteroatoms. The van der Waals surface area contributed by atoms with Crippen LogP contribution in [0.4, 0.5) is 26.3 Å². The van der Waals surface area contributed by atoms with Crippen molar-refractivity contribution in [3.63, 3.8) is 0 Å². The van der Waals surface area contributed by atoms with Gasteiger partial charge in [0.15, 0.2) is 0 Å². The number of likely N-dealkylation sites (N-methyl/N-ethyl adjacent to an activating group) is 1. The predicted molar refractivity (Wildman–Crippen MR) is 187 cm³/mol. The van der Waals surface area contributed by atoms with Gasteiger partial charge in [-0.05, 0) is 65.1 Å². The fourth-order valence-corrected chi connectivity index (χ4v) is 6.82. The van der Waals surface area contributed by atoms with Crippen molar-refractivity contribution in [2.75, 3.05) is 7.05 Å². The van der Waals surface area contributed by atoms with Gasteiger partial charge in [-0.3, -0.25) is 19.4 Å². The van der Waals surface area contributed by atoms with Crippen molar-refractivity contribution in [2.24, 2.45) is 0 Å². The van der Waals surface area contributed by atoms with Crippen LogP contribution in [0, 0.1) is 0 Å².